The smallest absolute Gasteiger partial charge is 0.0409 e. The van der Waals surface area contributed by atoms with Crippen LogP contribution < -0.4 is 10.6 Å². The van der Waals surface area contributed by atoms with E-state index >= 15 is 0 Å². The van der Waals surface area contributed by atoms with Crippen molar-refractivity contribution >= 4 is 5.69 Å². The van der Waals surface area contributed by atoms with E-state index in [4.69, 9.17) is 5.73 Å². The lowest BCUT2D eigenvalue weighted by Crippen LogP contribution is -2.37. The fourth-order valence-electron chi connectivity index (χ4n) is 2.27. The zero-order chi connectivity index (χ0) is 13.4. The molecule has 0 spiro atoms. The molecule has 18 heavy (non-hydrogen) atoms. The van der Waals surface area contributed by atoms with Gasteiger partial charge in [0, 0.05) is 25.3 Å². The van der Waals surface area contributed by atoms with Crippen molar-refractivity contribution in [3.05, 3.63) is 29.8 Å². The van der Waals surface area contributed by atoms with E-state index in [9.17, 15) is 0 Å². The molecule has 0 bridgehead atoms. The number of aryl methyl sites for hydroxylation is 1. The Kier molecular flexibility index (Phi) is 6.81. The predicted octanol–water partition coefficient (Wildman–Crippen LogP) is 3.73. The minimum Gasteiger partial charge on any atom is -0.370 e. The van der Waals surface area contributed by atoms with Gasteiger partial charge in [-0.1, -0.05) is 50.3 Å². The minimum absolute atomic E-state index is 0.463. The van der Waals surface area contributed by atoms with Crippen LogP contribution in [0.2, 0.25) is 0 Å². The van der Waals surface area contributed by atoms with Crippen LogP contribution >= 0.6 is 0 Å². The number of nitrogens with zero attached hydrogens (tertiary/aromatic N) is 1. The SMILES string of the molecule is CCCCCCC(CN)N(C)c1ccc(C)cc1. The first kappa shape index (κ1) is 15.0. The van der Waals surface area contributed by atoms with Crippen LogP contribution in [0.1, 0.15) is 44.6 Å². The van der Waals surface area contributed by atoms with E-state index in [2.05, 4.69) is 50.1 Å². The summed E-state index contributed by atoms with van der Waals surface area (Å²) in [6.07, 6.45) is 6.44. The van der Waals surface area contributed by atoms with Gasteiger partial charge in [-0.2, -0.15) is 0 Å². The van der Waals surface area contributed by atoms with Crippen LogP contribution in [0.5, 0.6) is 0 Å². The Balaban J connectivity index is 2.50. The van der Waals surface area contributed by atoms with Crippen LogP contribution in [0.4, 0.5) is 5.69 Å². The zero-order valence-electron chi connectivity index (χ0n) is 12.2. The molecular weight excluding hydrogens is 220 g/mol. The van der Waals surface area contributed by atoms with Crippen molar-refractivity contribution in [2.45, 2.75) is 52.0 Å². The van der Waals surface area contributed by atoms with E-state index in [1.165, 1.54) is 43.4 Å². The molecule has 102 valence electrons. The average molecular weight is 248 g/mol. The number of nitrogens with two attached hydrogens (primary N) is 1. The number of benzene rings is 1. The summed E-state index contributed by atoms with van der Waals surface area (Å²) in [6, 6.07) is 9.16. The Morgan fingerprint density at radius 3 is 2.33 bits per heavy atom. The Labute approximate surface area is 112 Å². The number of rotatable bonds is 8. The molecule has 0 aliphatic heterocycles. The van der Waals surface area contributed by atoms with Gasteiger partial charge in [-0.05, 0) is 25.5 Å². The van der Waals surface area contributed by atoms with Gasteiger partial charge in [-0.3, -0.25) is 0 Å². The largest absolute Gasteiger partial charge is 0.370 e. The molecule has 1 aromatic carbocycles. The van der Waals surface area contributed by atoms with Crippen LogP contribution in [0.15, 0.2) is 24.3 Å². The van der Waals surface area contributed by atoms with Crippen LogP contribution in [0, 0.1) is 6.92 Å². The van der Waals surface area contributed by atoms with E-state index in [0.717, 1.165) is 6.54 Å². The third-order valence-electron chi connectivity index (χ3n) is 3.65. The second kappa shape index (κ2) is 8.15. The monoisotopic (exact) mass is 248 g/mol. The molecule has 0 aliphatic rings. The maximum absolute atomic E-state index is 5.91. The van der Waals surface area contributed by atoms with Gasteiger partial charge in [-0.15, -0.1) is 0 Å². The van der Waals surface area contributed by atoms with E-state index in [1.807, 2.05) is 0 Å². The van der Waals surface area contributed by atoms with Gasteiger partial charge >= 0.3 is 0 Å². The normalized spacial score (nSPS) is 12.4. The second-order valence-corrected chi connectivity index (χ2v) is 5.19. The van der Waals surface area contributed by atoms with Crippen LogP contribution in [-0.2, 0) is 0 Å². The van der Waals surface area contributed by atoms with E-state index < -0.39 is 0 Å². The molecule has 1 atom stereocenters. The highest BCUT2D eigenvalue weighted by Gasteiger charge is 2.12. The molecule has 2 nitrogen and oxygen atoms in total. The molecule has 1 rings (SSSR count). The molecule has 1 aromatic rings. The molecule has 0 radical (unpaired) electrons. The minimum atomic E-state index is 0.463. The maximum atomic E-state index is 5.91. The second-order valence-electron chi connectivity index (χ2n) is 5.19. The number of hydrogen-bond acceptors (Lipinski definition) is 2. The fraction of sp³-hybridized carbons (Fsp3) is 0.625. The molecule has 2 N–H and O–H groups in total. The van der Waals surface area contributed by atoms with Crippen molar-refractivity contribution in [1.29, 1.82) is 0 Å². The summed E-state index contributed by atoms with van der Waals surface area (Å²) in [7, 11) is 2.15. The van der Waals surface area contributed by atoms with E-state index in [1.54, 1.807) is 0 Å². The predicted molar refractivity (Wildman–Crippen MR) is 81.2 cm³/mol. The van der Waals surface area contributed by atoms with Gasteiger partial charge in [-0.25, -0.2) is 0 Å². The van der Waals surface area contributed by atoms with Crippen molar-refractivity contribution < 1.29 is 0 Å². The molecule has 0 heterocycles. The fourth-order valence-corrected chi connectivity index (χ4v) is 2.27. The Morgan fingerprint density at radius 2 is 1.78 bits per heavy atom. The van der Waals surface area contributed by atoms with Gasteiger partial charge in [0.1, 0.15) is 0 Å². The topological polar surface area (TPSA) is 29.3 Å². The highest BCUT2D eigenvalue weighted by molar-refractivity contribution is 5.47. The number of anilines is 1. The first-order valence-corrected chi connectivity index (χ1v) is 7.18. The number of unbranched alkanes of at least 4 members (excludes halogenated alkanes) is 3. The summed E-state index contributed by atoms with van der Waals surface area (Å²) in [5.41, 5.74) is 8.49. The van der Waals surface area contributed by atoms with Crippen LogP contribution in [0.25, 0.3) is 0 Å². The van der Waals surface area contributed by atoms with Crippen molar-refractivity contribution in [1.82, 2.24) is 0 Å². The molecule has 1 unspecified atom stereocenters. The van der Waals surface area contributed by atoms with Crippen molar-refractivity contribution in [3.8, 4) is 0 Å². The van der Waals surface area contributed by atoms with Crippen LogP contribution in [-0.4, -0.2) is 19.6 Å². The lowest BCUT2D eigenvalue weighted by Gasteiger charge is -2.29. The van der Waals surface area contributed by atoms with Gasteiger partial charge in [0.15, 0.2) is 0 Å². The molecule has 0 fully saturated rings. The van der Waals surface area contributed by atoms with Gasteiger partial charge < -0.3 is 10.6 Å². The third kappa shape index (κ3) is 4.69. The standard InChI is InChI=1S/C16H28N2/c1-4-5-6-7-8-16(13-17)18(3)15-11-9-14(2)10-12-15/h9-12,16H,4-8,13,17H2,1-3H3. The van der Waals surface area contributed by atoms with Crippen LogP contribution in [0.3, 0.4) is 0 Å². The quantitative estimate of drug-likeness (QED) is 0.710. The lowest BCUT2D eigenvalue weighted by atomic mass is 10.1. The summed E-state index contributed by atoms with van der Waals surface area (Å²) >= 11 is 0. The summed E-state index contributed by atoms with van der Waals surface area (Å²) in [6.45, 7) is 5.10. The maximum Gasteiger partial charge on any atom is 0.0409 e. The summed E-state index contributed by atoms with van der Waals surface area (Å²) in [5.74, 6) is 0. The molecule has 0 saturated heterocycles. The molecule has 0 amide bonds. The first-order valence-electron chi connectivity index (χ1n) is 7.18. The summed E-state index contributed by atoms with van der Waals surface area (Å²) in [5, 5.41) is 0. The highest BCUT2D eigenvalue weighted by atomic mass is 15.1. The molecule has 2 heteroatoms. The third-order valence-corrected chi connectivity index (χ3v) is 3.65. The molecule has 0 aliphatic carbocycles. The molecular formula is C16H28N2. The molecule has 0 aromatic heterocycles. The Hall–Kier alpha value is -1.02. The highest BCUT2D eigenvalue weighted by Crippen LogP contribution is 2.18. The Morgan fingerprint density at radius 1 is 1.11 bits per heavy atom. The zero-order valence-corrected chi connectivity index (χ0v) is 12.2. The van der Waals surface area contributed by atoms with Gasteiger partial charge in [0.25, 0.3) is 0 Å². The van der Waals surface area contributed by atoms with E-state index in [-0.39, 0.29) is 0 Å². The van der Waals surface area contributed by atoms with Gasteiger partial charge in [0.05, 0.1) is 0 Å². The number of hydrogen-bond donors (Lipinski definition) is 1. The van der Waals surface area contributed by atoms with Crippen molar-refractivity contribution in [3.63, 3.8) is 0 Å². The van der Waals surface area contributed by atoms with Crippen molar-refractivity contribution in [2.75, 3.05) is 18.5 Å². The van der Waals surface area contributed by atoms with E-state index in [0.29, 0.717) is 6.04 Å². The molecule has 0 saturated carbocycles. The average Bonchev–Trinajstić information content (AvgIpc) is 2.39. The van der Waals surface area contributed by atoms with Gasteiger partial charge in [0.2, 0.25) is 0 Å². The Bertz CT molecular complexity index is 318. The lowest BCUT2D eigenvalue weighted by molar-refractivity contribution is 0.535. The number of likely N-dealkylation sites (N-methyl/N-ethyl adjacent to an activating group) is 1. The summed E-state index contributed by atoms with van der Waals surface area (Å²) < 4.78 is 0. The summed E-state index contributed by atoms with van der Waals surface area (Å²) in [4.78, 5) is 2.32. The van der Waals surface area contributed by atoms with Crippen molar-refractivity contribution in [2.24, 2.45) is 5.73 Å². The first-order chi connectivity index (χ1) is 8.69.